The Balaban J connectivity index is 1.65. The highest BCUT2D eigenvalue weighted by atomic mass is 16.3. The first-order valence-corrected chi connectivity index (χ1v) is 10.7. The minimum Gasteiger partial charge on any atom is -0.507 e. The lowest BCUT2D eigenvalue weighted by atomic mass is 9.48. The fourth-order valence-electron chi connectivity index (χ4n) is 6.61. The summed E-state index contributed by atoms with van der Waals surface area (Å²) in [6.45, 7) is 1.86. The first kappa shape index (κ1) is 18.4. The number of carbonyl (C=O) groups is 1. The van der Waals surface area contributed by atoms with Crippen molar-refractivity contribution < 1.29 is 20.1 Å². The average molecular weight is 386 g/mol. The molecule has 3 aliphatic carbocycles. The number of fused-ring (bicyclic) bond motifs is 1. The second-order valence-corrected chi connectivity index (χ2v) is 9.52. The SMILES string of the molecule is NC(=O)c1ccc2c(c1O)C13CCN(CC4CCC4)[C@H](C2)[C@]1(O)CC[C@H](O)C3. The second kappa shape index (κ2) is 6.18. The molecule has 4 aliphatic rings. The number of aromatic hydroxyl groups is 1. The van der Waals surface area contributed by atoms with Crippen LogP contribution in [0.3, 0.4) is 0 Å². The normalized spacial score (nSPS) is 37.6. The van der Waals surface area contributed by atoms with Gasteiger partial charge in [-0.2, -0.15) is 0 Å². The van der Waals surface area contributed by atoms with Crippen LogP contribution in [0.2, 0.25) is 0 Å². The van der Waals surface area contributed by atoms with Gasteiger partial charge in [-0.25, -0.2) is 0 Å². The molecule has 5 rings (SSSR count). The van der Waals surface area contributed by atoms with E-state index in [9.17, 15) is 20.1 Å². The van der Waals surface area contributed by atoms with Gasteiger partial charge in [-0.15, -0.1) is 0 Å². The third-order valence-corrected chi connectivity index (χ3v) is 8.23. The van der Waals surface area contributed by atoms with Crippen LogP contribution in [0.1, 0.15) is 66.4 Å². The monoisotopic (exact) mass is 386 g/mol. The van der Waals surface area contributed by atoms with Gasteiger partial charge in [0.2, 0.25) is 0 Å². The molecule has 1 heterocycles. The highest BCUT2D eigenvalue weighted by Crippen LogP contribution is 2.60. The van der Waals surface area contributed by atoms with Crippen molar-refractivity contribution in [3.63, 3.8) is 0 Å². The number of nitrogens with zero attached hydrogens (tertiary/aromatic N) is 1. The van der Waals surface area contributed by atoms with Crippen molar-refractivity contribution in [1.29, 1.82) is 0 Å². The summed E-state index contributed by atoms with van der Waals surface area (Å²) in [5.74, 6) is -0.0399. The molecule has 1 aliphatic heterocycles. The topological polar surface area (TPSA) is 107 Å². The number of hydrogen-bond acceptors (Lipinski definition) is 5. The third-order valence-electron chi connectivity index (χ3n) is 8.23. The number of amides is 1. The molecule has 1 saturated heterocycles. The summed E-state index contributed by atoms with van der Waals surface area (Å²) in [5, 5.41) is 33.6. The number of likely N-dealkylation sites (tertiary alicyclic amines) is 1. The molecule has 2 bridgehead atoms. The molecule has 5 N–H and O–H groups in total. The average Bonchev–Trinajstić information content (AvgIpc) is 2.59. The molecule has 6 heteroatoms. The van der Waals surface area contributed by atoms with Crippen LogP contribution in [-0.4, -0.2) is 57.0 Å². The van der Waals surface area contributed by atoms with Crippen LogP contribution in [0.25, 0.3) is 0 Å². The summed E-state index contributed by atoms with van der Waals surface area (Å²) in [6.07, 6.45) is 6.15. The minimum atomic E-state index is -1.00. The summed E-state index contributed by atoms with van der Waals surface area (Å²) in [6, 6.07) is 3.47. The third kappa shape index (κ3) is 2.34. The van der Waals surface area contributed by atoms with Crippen molar-refractivity contribution in [3.05, 3.63) is 28.8 Å². The van der Waals surface area contributed by atoms with Crippen LogP contribution in [0, 0.1) is 5.92 Å². The van der Waals surface area contributed by atoms with Crippen LogP contribution in [0.15, 0.2) is 12.1 Å². The number of hydrogen-bond donors (Lipinski definition) is 4. The van der Waals surface area contributed by atoms with Crippen LogP contribution in [0.5, 0.6) is 5.75 Å². The zero-order valence-electron chi connectivity index (χ0n) is 16.2. The van der Waals surface area contributed by atoms with E-state index in [1.165, 1.54) is 19.3 Å². The van der Waals surface area contributed by atoms with Gasteiger partial charge in [-0.3, -0.25) is 9.69 Å². The number of primary amides is 1. The lowest BCUT2D eigenvalue weighted by molar-refractivity contribution is -0.185. The van der Waals surface area contributed by atoms with E-state index in [2.05, 4.69) is 4.90 Å². The fourth-order valence-corrected chi connectivity index (χ4v) is 6.61. The Hall–Kier alpha value is -1.63. The van der Waals surface area contributed by atoms with Crippen molar-refractivity contribution in [3.8, 4) is 5.75 Å². The zero-order valence-corrected chi connectivity index (χ0v) is 16.2. The predicted octanol–water partition coefficient (Wildman–Crippen LogP) is 1.44. The Morgan fingerprint density at radius 1 is 1.25 bits per heavy atom. The van der Waals surface area contributed by atoms with Crippen molar-refractivity contribution >= 4 is 5.91 Å². The Morgan fingerprint density at radius 2 is 2.04 bits per heavy atom. The number of phenols is 1. The molecule has 0 spiro atoms. The maximum absolute atomic E-state index is 12.1. The van der Waals surface area contributed by atoms with Gasteiger partial charge in [0.1, 0.15) is 5.75 Å². The summed E-state index contributed by atoms with van der Waals surface area (Å²) < 4.78 is 0. The molecule has 152 valence electrons. The van der Waals surface area contributed by atoms with Gasteiger partial charge in [0.25, 0.3) is 5.91 Å². The van der Waals surface area contributed by atoms with Gasteiger partial charge < -0.3 is 21.1 Å². The van der Waals surface area contributed by atoms with Gasteiger partial charge in [-0.05, 0) is 69.0 Å². The summed E-state index contributed by atoms with van der Waals surface area (Å²) in [5.41, 5.74) is 5.49. The van der Waals surface area contributed by atoms with E-state index >= 15 is 0 Å². The van der Waals surface area contributed by atoms with E-state index in [0.717, 1.165) is 24.6 Å². The van der Waals surface area contributed by atoms with E-state index in [-0.39, 0.29) is 17.4 Å². The zero-order chi connectivity index (χ0) is 19.7. The number of aliphatic hydroxyl groups is 2. The molecule has 3 fully saturated rings. The lowest BCUT2D eigenvalue weighted by Crippen LogP contribution is -2.73. The highest BCUT2D eigenvalue weighted by Gasteiger charge is 2.65. The van der Waals surface area contributed by atoms with Gasteiger partial charge in [0, 0.05) is 23.6 Å². The first-order chi connectivity index (χ1) is 13.4. The predicted molar refractivity (Wildman–Crippen MR) is 104 cm³/mol. The van der Waals surface area contributed by atoms with Crippen LogP contribution in [-0.2, 0) is 11.8 Å². The number of nitrogens with two attached hydrogens (primary N) is 1. The molecular formula is C22H30N2O4. The summed E-state index contributed by atoms with van der Waals surface area (Å²) in [4.78, 5) is 14.3. The van der Waals surface area contributed by atoms with Crippen molar-refractivity contribution in [2.45, 2.75) is 74.5 Å². The number of aliphatic hydroxyl groups excluding tert-OH is 1. The largest absolute Gasteiger partial charge is 0.507 e. The number of rotatable bonds is 3. The van der Waals surface area contributed by atoms with Crippen LogP contribution in [0.4, 0.5) is 0 Å². The molecule has 1 aromatic carbocycles. The van der Waals surface area contributed by atoms with Gasteiger partial charge in [0.05, 0.1) is 17.3 Å². The molecule has 0 aromatic heterocycles. The Labute approximate surface area is 165 Å². The van der Waals surface area contributed by atoms with E-state index in [1.807, 2.05) is 6.07 Å². The molecule has 1 unspecified atom stereocenters. The van der Waals surface area contributed by atoms with Crippen molar-refractivity contribution in [2.24, 2.45) is 11.7 Å². The molecule has 1 aromatic rings. The molecule has 28 heavy (non-hydrogen) atoms. The Kier molecular flexibility index (Phi) is 4.06. The summed E-state index contributed by atoms with van der Waals surface area (Å²) in [7, 11) is 0. The Morgan fingerprint density at radius 3 is 2.71 bits per heavy atom. The molecular weight excluding hydrogens is 356 g/mol. The van der Waals surface area contributed by atoms with E-state index in [1.54, 1.807) is 6.07 Å². The maximum Gasteiger partial charge on any atom is 0.252 e. The minimum absolute atomic E-state index is 0.0133. The van der Waals surface area contributed by atoms with Crippen LogP contribution >= 0.6 is 0 Å². The molecule has 2 saturated carbocycles. The maximum atomic E-state index is 12.1. The van der Waals surface area contributed by atoms with Gasteiger partial charge >= 0.3 is 0 Å². The standard InChI is InChI=1S/C22H30N2O4/c23-20(27)16-5-4-14-10-17-22(28)7-6-15(25)11-21(22,18(14)19(16)26)8-9-24(17)12-13-2-1-3-13/h4-5,13,15,17,25-26,28H,1-3,6-12H2,(H2,23,27)/t15-,17+,21?,22+/m0/s1. The van der Waals surface area contributed by atoms with Crippen LogP contribution < -0.4 is 5.73 Å². The smallest absolute Gasteiger partial charge is 0.252 e. The van der Waals surface area contributed by atoms with E-state index in [4.69, 9.17) is 5.73 Å². The first-order valence-electron chi connectivity index (χ1n) is 10.7. The van der Waals surface area contributed by atoms with E-state index in [0.29, 0.717) is 37.7 Å². The number of benzene rings is 1. The van der Waals surface area contributed by atoms with E-state index < -0.39 is 23.0 Å². The number of carbonyl (C=O) groups excluding carboxylic acids is 1. The second-order valence-electron chi connectivity index (χ2n) is 9.52. The lowest BCUT2D eigenvalue weighted by Gasteiger charge is -2.64. The number of piperidine rings is 1. The Bertz CT molecular complexity index is 823. The fraction of sp³-hybridized carbons (Fsp3) is 0.682. The summed E-state index contributed by atoms with van der Waals surface area (Å²) >= 11 is 0. The molecule has 1 amide bonds. The molecule has 6 nitrogen and oxygen atoms in total. The van der Waals surface area contributed by atoms with Gasteiger partial charge in [0.15, 0.2) is 0 Å². The molecule has 0 radical (unpaired) electrons. The quantitative estimate of drug-likeness (QED) is 0.629. The van der Waals surface area contributed by atoms with Crippen molar-refractivity contribution in [2.75, 3.05) is 13.1 Å². The van der Waals surface area contributed by atoms with Crippen molar-refractivity contribution in [1.82, 2.24) is 4.90 Å². The molecule has 4 atom stereocenters. The highest BCUT2D eigenvalue weighted by molar-refractivity contribution is 5.96. The van der Waals surface area contributed by atoms with Gasteiger partial charge in [-0.1, -0.05) is 12.5 Å².